The molecule has 2 heteroatoms. The third-order valence-corrected chi connectivity index (χ3v) is 1.84. The third-order valence-electron chi connectivity index (χ3n) is 1.84. The smallest absolute Gasteiger partial charge is 0.0216 e. The highest BCUT2D eigenvalue weighted by Crippen LogP contribution is 2.06. The summed E-state index contributed by atoms with van der Waals surface area (Å²) >= 11 is 0. The van der Waals surface area contributed by atoms with Crippen LogP contribution in [-0.2, 0) is 0 Å². The minimum Gasteiger partial charge on any atom is -0.326 e. The highest BCUT2D eigenvalue weighted by Gasteiger charge is 2.20. The first-order valence-corrected chi connectivity index (χ1v) is 3.33. The summed E-state index contributed by atoms with van der Waals surface area (Å²) in [6.07, 6.45) is 2.32. The van der Waals surface area contributed by atoms with Crippen LogP contribution in [0.5, 0.6) is 0 Å². The highest BCUT2D eigenvalue weighted by atomic mass is 15.0. The fourth-order valence-corrected chi connectivity index (χ4v) is 1.24. The van der Waals surface area contributed by atoms with Gasteiger partial charge in [-0.2, -0.15) is 0 Å². The standard InChI is InChI=1S/C6H14N2/c1-2-6-5(7)3-4-8-6/h5-6,8H,2-4,7H2,1H3/t5-,6?/m1/s1. The van der Waals surface area contributed by atoms with Gasteiger partial charge in [-0.25, -0.2) is 0 Å². The molecule has 2 nitrogen and oxygen atoms in total. The van der Waals surface area contributed by atoms with Crippen molar-refractivity contribution in [3.05, 3.63) is 0 Å². The Morgan fingerprint density at radius 1 is 1.75 bits per heavy atom. The van der Waals surface area contributed by atoms with Crippen LogP contribution in [0.15, 0.2) is 0 Å². The topological polar surface area (TPSA) is 38.0 Å². The van der Waals surface area contributed by atoms with Gasteiger partial charge in [0.2, 0.25) is 0 Å². The molecule has 1 aliphatic heterocycles. The molecule has 0 aromatic rings. The van der Waals surface area contributed by atoms with Crippen molar-refractivity contribution in [2.24, 2.45) is 5.73 Å². The normalized spacial score (nSPS) is 38.2. The fraction of sp³-hybridized carbons (Fsp3) is 1.00. The van der Waals surface area contributed by atoms with Gasteiger partial charge in [0, 0.05) is 12.1 Å². The molecule has 48 valence electrons. The molecule has 0 aliphatic carbocycles. The van der Waals surface area contributed by atoms with E-state index in [1.54, 1.807) is 0 Å². The number of nitrogens with two attached hydrogens (primary N) is 1. The Morgan fingerprint density at radius 2 is 2.50 bits per heavy atom. The van der Waals surface area contributed by atoms with Gasteiger partial charge in [0.15, 0.2) is 0 Å². The van der Waals surface area contributed by atoms with E-state index in [2.05, 4.69) is 12.2 Å². The van der Waals surface area contributed by atoms with E-state index in [0.717, 1.165) is 13.0 Å². The Balaban J connectivity index is 2.30. The van der Waals surface area contributed by atoms with Gasteiger partial charge in [-0.15, -0.1) is 0 Å². The van der Waals surface area contributed by atoms with Crippen molar-refractivity contribution < 1.29 is 0 Å². The molecule has 0 aromatic carbocycles. The Kier molecular flexibility index (Phi) is 1.86. The van der Waals surface area contributed by atoms with Crippen molar-refractivity contribution in [1.82, 2.24) is 5.32 Å². The van der Waals surface area contributed by atoms with Crippen LogP contribution in [0.1, 0.15) is 19.8 Å². The lowest BCUT2D eigenvalue weighted by Crippen LogP contribution is -2.35. The second kappa shape index (κ2) is 2.46. The first-order valence-electron chi connectivity index (χ1n) is 3.33. The molecule has 1 rings (SSSR count). The maximum Gasteiger partial charge on any atom is 0.0216 e. The lowest BCUT2D eigenvalue weighted by molar-refractivity contribution is 0.527. The summed E-state index contributed by atoms with van der Waals surface area (Å²) in [4.78, 5) is 0. The number of hydrogen-bond acceptors (Lipinski definition) is 2. The molecule has 2 atom stereocenters. The molecule has 1 saturated heterocycles. The summed E-state index contributed by atoms with van der Waals surface area (Å²) in [6, 6.07) is 1.01. The summed E-state index contributed by atoms with van der Waals surface area (Å²) in [5.74, 6) is 0. The maximum atomic E-state index is 5.73. The minimum atomic E-state index is 0.417. The fourth-order valence-electron chi connectivity index (χ4n) is 1.24. The molecule has 0 radical (unpaired) electrons. The molecule has 0 amide bonds. The van der Waals surface area contributed by atoms with Gasteiger partial charge < -0.3 is 11.1 Å². The highest BCUT2D eigenvalue weighted by molar-refractivity contribution is 4.84. The zero-order valence-corrected chi connectivity index (χ0v) is 5.35. The summed E-state index contributed by atoms with van der Waals surface area (Å²) < 4.78 is 0. The minimum absolute atomic E-state index is 0.417. The van der Waals surface area contributed by atoms with Gasteiger partial charge in [-0.05, 0) is 19.4 Å². The van der Waals surface area contributed by atoms with Crippen LogP contribution < -0.4 is 11.1 Å². The molecule has 3 N–H and O–H groups in total. The van der Waals surface area contributed by atoms with E-state index in [1.165, 1.54) is 6.42 Å². The van der Waals surface area contributed by atoms with Crippen molar-refractivity contribution in [1.29, 1.82) is 0 Å². The molecule has 1 fully saturated rings. The van der Waals surface area contributed by atoms with Crippen LogP contribution in [0, 0.1) is 0 Å². The van der Waals surface area contributed by atoms with E-state index in [9.17, 15) is 0 Å². The zero-order valence-electron chi connectivity index (χ0n) is 5.35. The monoisotopic (exact) mass is 114 g/mol. The van der Waals surface area contributed by atoms with Gasteiger partial charge in [0.1, 0.15) is 0 Å². The van der Waals surface area contributed by atoms with Crippen LogP contribution in [0.25, 0.3) is 0 Å². The Morgan fingerprint density at radius 3 is 2.75 bits per heavy atom. The summed E-state index contributed by atoms with van der Waals surface area (Å²) in [5.41, 5.74) is 5.73. The largest absolute Gasteiger partial charge is 0.326 e. The number of nitrogens with one attached hydrogen (secondary N) is 1. The number of hydrogen-bond donors (Lipinski definition) is 2. The van der Waals surface area contributed by atoms with Gasteiger partial charge >= 0.3 is 0 Å². The van der Waals surface area contributed by atoms with Crippen molar-refractivity contribution in [3.63, 3.8) is 0 Å². The Labute approximate surface area is 50.4 Å². The zero-order chi connectivity index (χ0) is 5.98. The van der Waals surface area contributed by atoms with E-state index in [-0.39, 0.29) is 0 Å². The second-order valence-corrected chi connectivity index (χ2v) is 2.42. The lowest BCUT2D eigenvalue weighted by atomic mass is 10.1. The number of rotatable bonds is 1. The molecule has 1 heterocycles. The Bertz CT molecular complexity index is 72.9. The van der Waals surface area contributed by atoms with Gasteiger partial charge in [-0.3, -0.25) is 0 Å². The molecular weight excluding hydrogens is 100 g/mol. The van der Waals surface area contributed by atoms with Crippen LogP contribution in [0.4, 0.5) is 0 Å². The second-order valence-electron chi connectivity index (χ2n) is 2.42. The third kappa shape index (κ3) is 1.01. The predicted octanol–water partition coefficient (Wildman–Crippen LogP) is 0.0856. The van der Waals surface area contributed by atoms with Crippen LogP contribution >= 0.6 is 0 Å². The maximum absolute atomic E-state index is 5.73. The van der Waals surface area contributed by atoms with Gasteiger partial charge in [0.05, 0.1) is 0 Å². The molecule has 1 aliphatic rings. The molecule has 0 aromatic heterocycles. The first kappa shape index (κ1) is 6.05. The van der Waals surface area contributed by atoms with E-state index in [1.807, 2.05) is 0 Å². The van der Waals surface area contributed by atoms with Crippen molar-refractivity contribution in [3.8, 4) is 0 Å². The van der Waals surface area contributed by atoms with Gasteiger partial charge in [-0.1, -0.05) is 6.92 Å². The molecule has 1 unspecified atom stereocenters. The van der Waals surface area contributed by atoms with Crippen LogP contribution in [-0.4, -0.2) is 18.6 Å². The van der Waals surface area contributed by atoms with Crippen LogP contribution in [0.2, 0.25) is 0 Å². The molecule has 0 saturated carbocycles. The first-order chi connectivity index (χ1) is 3.84. The lowest BCUT2D eigenvalue weighted by Gasteiger charge is -2.11. The van der Waals surface area contributed by atoms with E-state index in [4.69, 9.17) is 5.73 Å². The molecule has 0 bridgehead atoms. The molecule has 0 spiro atoms. The van der Waals surface area contributed by atoms with Crippen LogP contribution in [0.3, 0.4) is 0 Å². The van der Waals surface area contributed by atoms with E-state index in [0.29, 0.717) is 12.1 Å². The average Bonchev–Trinajstić information content (AvgIpc) is 2.14. The summed E-state index contributed by atoms with van der Waals surface area (Å²) in [7, 11) is 0. The van der Waals surface area contributed by atoms with Crippen molar-refractivity contribution >= 4 is 0 Å². The van der Waals surface area contributed by atoms with Crippen molar-refractivity contribution in [2.75, 3.05) is 6.54 Å². The van der Waals surface area contributed by atoms with E-state index >= 15 is 0 Å². The Hall–Kier alpha value is -0.0800. The summed E-state index contributed by atoms with van der Waals surface area (Å²) in [6.45, 7) is 3.28. The predicted molar refractivity (Wildman–Crippen MR) is 34.7 cm³/mol. The van der Waals surface area contributed by atoms with Crippen molar-refractivity contribution in [2.45, 2.75) is 31.8 Å². The van der Waals surface area contributed by atoms with Gasteiger partial charge in [0.25, 0.3) is 0 Å². The molecular formula is C6H14N2. The molecule has 8 heavy (non-hydrogen) atoms. The quantitative estimate of drug-likeness (QED) is 0.507. The SMILES string of the molecule is CCC1NCC[C@H]1N. The average molecular weight is 114 g/mol. The summed E-state index contributed by atoms with van der Waals surface area (Å²) in [5, 5.41) is 3.33. The van der Waals surface area contributed by atoms with E-state index < -0.39 is 0 Å².